The van der Waals surface area contributed by atoms with Crippen LogP contribution in [0.15, 0.2) is 16.2 Å². The summed E-state index contributed by atoms with van der Waals surface area (Å²) in [6.45, 7) is 9.93. The number of nitrogens with zero attached hydrogens (tertiary/aromatic N) is 1. The fraction of sp³-hybridized carbons (Fsp3) is 0.750. The van der Waals surface area contributed by atoms with Gasteiger partial charge in [-0.3, -0.25) is 8.75 Å². The van der Waals surface area contributed by atoms with Gasteiger partial charge in [0.05, 0.1) is 0 Å². The predicted octanol–water partition coefficient (Wildman–Crippen LogP) is 3.37. The molecule has 1 heterocycles. The number of aryl methyl sites for hydroxylation is 1. The molecule has 0 saturated heterocycles. The van der Waals surface area contributed by atoms with E-state index in [2.05, 4.69) is 27.7 Å². The Morgan fingerprint density at radius 3 is 2.60 bits per heavy atom. The first-order valence-corrected chi connectivity index (χ1v) is 6.37. The van der Waals surface area contributed by atoms with Gasteiger partial charge in [0.15, 0.2) is 0 Å². The normalized spacial score (nSPS) is 14.1. The minimum Gasteiger partial charge on any atom is -0.268 e. The highest BCUT2D eigenvalue weighted by molar-refractivity contribution is 7.04. The van der Waals surface area contributed by atoms with Crippen LogP contribution in [-0.2, 0) is 6.54 Å². The molecule has 0 aliphatic heterocycles. The van der Waals surface area contributed by atoms with Crippen molar-refractivity contribution >= 4 is 11.5 Å². The highest BCUT2D eigenvalue weighted by Crippen LogP contribution is 2.26. The van der Waals surface area contributed by atoms with E-state index in [1.54, 1.807) is 6.07 Å². The average Bonchev–Trinajstić information content (AvgIpc) is 2.44. The summed E-state index contributed by atoms with van der Waals surface area (Å²) in [5.74, 6) is 0.680. The Kier molecular flexibility index (Phi) is 4.14. The third-order valence-corrected chi connectivity index (χ3v) is 3.31. The van der Waals surface area contributed by atoms with E-state index in [9.17, 15) is 4.79 Å². The molecule has 2 nitrogen and oxygen atoms in total. The quantitative estimate of drug-likeness (QED) is 0.773. The van der Waals surface area contributed by atoms with Crippen molar-refractivity contribution in [3.63, 3.8) is 0 Å². The monoisotopic (exact) mass is 227 g/mol. The molecule has 0 spiro atoms. The molecule has 1 aromatic heterocycles. The molecule has 0 fully saturated rings. The van der Waals surface area contributed by atoms with Crippen LogP contribution in [0.4, 0.5) is 0 Å². The van der Waals surface area contributed by atoms with Gasteiger partial charge in [-0.2, -0.15) is 0 Å². The molecular weight excluding hydrogens is 206 g/mol. The first-order valence-electron chi connectivity index (χ1n) is 5.53. The molecule has 0 aliphatic rings. The lowest BCUT2D eigenvalue weighted by Crippen LogP contribution is -2.16. The standard InChI is InChI=1S/C12H21NOS/c1-10(9-12(2,3)4)5-7-13-11(14)6-8-15-13/h6,8,10H,5,7,9H2,1-4H3. The van der Waals surface area contributed by atoms with Crippen LogP contribution < -0.4 is 5.56 Å². The van der Waals surface area contributed by atoms with E-state index in [0.29, 0.717) is 11.3 Å². The van der Waals surface area contributed by atoms with Crippen LogP contribution in [-0.4, -0.2) is 3.96 Å². The summed E-state index contributed by atoms with van der Waals surface area (Å²) in [6.07, 6.45) is 2.31. The molecule has 1 rings (SSSR count). The van der Waals surface area contributed by atoms with Gasteiger partial charge in [-0.15, -0.1) is 0 Å². The molecule has 3 heteroatoms. The van der Waals surface area contributed by atoms with Crippen molar-refractivity contribution < 1.29 is 0 Å². The van der Waals surface area contributed by atoms with E-state index in [4.69, 9.17) is 0 Å². The number of hydrogen-bond donors (Lipinski definition) is 0. The van der Waals surface area contributed by atoms with Crippen molar-refractivity contribution in [1.29, 1.82) is 0 Å². The van der Waals surface area contributed by atoms with Crippen molar-refractivity contribution in [2.75, 3.05) is 0 Å². The molecule has 86 valence electrons. The topological polar surface area (TPSA) is 22.0 Å². The van der Waals surface area contributed by atoms with Gasteiger partial charge < -0.3 is 0 Å². The lowest BCUT2D eigenvalue weighted by Gasteiger charge is -2.23. The van der Waals surface area contributed by atoms with Crippen molar-refractivity contribution in [1.82, 2.24) is 3.96 Å². The third kappa shape index (κ3) is 4.65. The Bertz CT molecular complexity index is 345. The SMILES string of the molecule is CC(CCn1sccc1=O)CC(C)(C)C. The van der Waals surface area contributed by atoms with Crippen LogP contribution in [0.1, 0.15) is 40.5 Å². The summed E-state index contributed by atoms with van der Waals surface area (Å²) in [5, 5.41) is 1.86. The first-order chi connectivity index (χ1) is 6.88. The second-order valence-electron chi connectivity index (χ2n) is 5.51. The fourth-order valence-corrected chi connectivity index (χ4v) is 2.64. The summed E-state index contributed by atoms with van der Waals surface area (Å²) in [5.41, 5.74) is 0.530. The zero-order chi connectivity index (χ0) is 11.5. The maximum absolute atomic E-state index is 11.3. The molecule has 1 aromatic rings. The maximum Gasteiger partial charge on any atom is 0.260 e. The Morgan fingerprint density at radius 2 is 2.13 bits per heavy atom. The molecule has 15 heavy (non-hydrogen) atoms. The molecule has 1 atom stereocenters. The Labute approximate surface area is 96.1 Å². The van der Waals surface area contributed by atoms with E-state index >= 15 is 0 Å². The zero-order valence-corrected chi connectivity index (χ0v) is 10.9. The zero-order valence-electron chi connectivity index (χ0n) is 10.1. The van der Waals surface area contributed by atoms with Crippen LogP contribution in [0.5, 0.6) is 0 Å². The van der Waals surface area contributed by atoms with Gasteiger partial charge in [0.25, 0.3) is 5.56 Å². The summed E-state index contributed by atoms with van der Waals surface area (Å²) < 4.78 is 1.83. The minimum absolute atomic E-state index is 0.142. The molecule has 0 N–H and O–H groups in total. The summed E-state index contributed by atoms with van der Waals surface area (Å²) >= 11 is 1.51. The second kappa shape index (κ2) is 4.97. The van der Waals surface area contributed by atoms with Crippen molar-refractivity contribution in [2.24, 2.45) is 11.3 Å². The van der Waals surface area contributed by atoms with Crippen molar-refractivity contribution in [3.05, 3.63) is 21.8 Å². The molecule has 0 radical (unpaired) electrons. The van der Waals surface area contributed by atoms with Gasteiger partial charge in [-0.1, -0.05) is 39.2 Å². The van der Waals surface area contributed by atoms with Gasteiger partial charge in [0.2, 0.25) is 0 Å². The summed E-state index contributed by atoms with van der Waals surface area (Å²) in [7, 11) is 0. The van der Waals surface area contributed by atoms with Crippen molar-refractivity contribution in [2.45, 2.75) is 47.1 Å². The van der Waals surface area contributed by atoms with Gasteiger partial charge in [0.1, 0.15) is 0 Å². The highest BCUT2D eigenvalue weighted by Gasteiger charge is 2.15. The lowest BCUT2D eigenvalue weighted by atomic mass is 9.84. The smallest absolute Gasteiger partial charge is 0.260 e. The number of aromatic nitrogens is 1. The lowest BCUT2D eigenvalue weighted by molar-refractivity contribution is 0.290. The summed E-state index contributed by atoms with van der Waals surface area (Å²) in [4.78, 5) is 11.3. The molecule has 0 aromatic carbocycles. The number of rotatable bonds is 4. The average molecular weight is 227 g/mol. The Balaban J connectivity index is 2.38. The largest absolute Gasteiger partial charge is 0.268 e. The third-order valence-electron chi connectivity index (χ3n) is 2.43. The van der Waals surface area contributed by atoms with Crippen LogP contribution in [0.25, 0.3) is 0 Å². The van der Waals surface area contributed by atoms with Crippen LogP contribution in [0.3, 0.4) is 0 Å². The van der Waals surface area contributed by atoms with E-state index in [1.165, 1.54) is 18.0 Å². The minimum atomic E-state index is 0.142. The van der Waals surface area contributed by atoms with Crippen LogP contribution in [0.2, 0.25) is 0 Å². The predicted molar refractivity (Wildman–Crippen MR) is 66.4 cm³/mol. The molecular formula is C12H21NOS. The van der Waals surface area contributed by atoms with Crippen LogP contribution in [0, 0.1) is 11.3 Å². The van der Waals surface area contributed by atoms with Gasteiger partial charge in [0, 0.05) is 18.0 Å². The Hall–Kier alpha value is -0.570. The van der Waals surface area contributed by atoms with E-state index in [1.807, 2.05) is 9.34 Å². The van der Waals surface area contributed by atoms with Gasteiger partial charge in [-0.05, 0) is 24.2 Å². The molecule has 0 aliphatic carbocycles. The van der Waals surface area contributed by atoms with Crippen molar-refractivity contribution in [3.8, 4) is 0 Å². The molecule has 0 saturated carbocycles. The molecule has 0 bridgehead atoms. The first kappa shape index (κ1) is 12.5. The van der Waals surface area contributed by atoms with Gasteiger partial charge >= 0.3 is 0 Å². The van der Waals surface area contributed by atoms with E-state index in [0.717, 1.165) is 13.0 Å². The summed E-state index contributed by atoms with van der Waals surface area (Å²) in [6, 6.07) is 1.64. The Morgan fingerprint density at radius 1 is 1.47 bits per heavy atom. The second-order valence-corrected chi connectivity index (χ2v) is 6.43. The highest BCUT2D eigenvalue weighted by atomic mass is 32.1. The fourth-order valence-electron chi connectivity index (χ4n) is 1.95. The molecule has 1 unspecified atom stereocenters. The number of hydrogen-bond acceptors (Lipinski definition) is 2. The van der Waals surface area contributed by atoms with Gasteiger partial charge in [-0.25, -0.2) is 0 Å². The molecule has 0 amide bonds. The van der Waals surface area contributed by atoms with E-state index < -0.39 is 0 Å². The van der Waals surface area contributed by atoms with Crippen LogP contribution >= 0.6 is 11.5 Å². The maximum atomic E-state index is 11.3. The van der Waals surface area contributed by atoms with E-state index in [-0.39, 0.29) is 5.56 Å².